The van der Waals surface area contributed by atoms with Gasteiger partial charge in [-0.15, -0.1) is 0 Å². The number of fused-ring (bicyclic) bond motifs is 2. The molecule has 9 heteroatoms. The molecule has 0 spiro atoms. The lowest BCUT2D eigenvalue weighted by atomic mass is 9.91. The maximum absolute atomic E-state index is 15.6. The Morgan fingerprint density at radius 1 is 1.18 bits per heavy atom. The zero-order valence-corrected chi connectivity index (χ0v) is 21.3. The summed E-state index contributed by atoms with van der Waals surface area (Å²) in [6.45, 7) is 3.80. The van der Waals surface area contributed by atoms with Crippen molar-refractivity contribution >= 4 is 28.3 Å². The van der Waals surface area contributed by atoms with Crippen LogP contribution in [0.5, 0.6) is 0 Å². The van der Waals surface area contributed by atoms with Crippen LogP contribution in [0.3, 0.4) is 0 Å². The minimum Gasteiger partial charge on any atom is -1.00 e. The van der Waals surface area contributed by atoms with Crippen molar-refractivity contribution in [2.24, 2.45) is 5.92 Å². The molecule has 1 aliphatic carbocycles. The number of aromatic carboxylic acids is 1. The Hall–Kier alpha value is -2.01. The van der Waals surface area contributed by atoms with E-state index in [0.717, 1.165) is 42.8 Å². The number of piperidine rings is 1. The molecule has 7 nitrogen and oxygen atoms in total. The van der Waals surface area contributed by atoms with E-state index in [4.69, 9.17) is 0 Å². The van der Waals surface area contributed by atoms with Crippen molar-refractivity contribution in [2.45, 2.75) is 44.7 Å². The Kier molecular flexibility index (Phi) is 6.09. The van der Waals surface area contributed by atoms with E-state index in [2.05, 4.69) is 14.1 Å². The van der Waals surface area contributed by atoms with E-state index >= 15 is 4.39 Å². The summed E-state index contributed by atoms with van der Waals surface area (Å²) in [5.74, 6) is -1.86. The molecule has 2 aliphatic heterocycles. The van der Waals surface area contributed by atoms with Gasteiger partial charge in [0.25, 0.3) is 0 Å². The lowest BCUT2D eigenvalue weighted by Crippen LogP contribution is -3.00. The van der Waals surface area contributed by atoms with E-state index in [0.29, 0.717) is 30.6 Å². The van der Waals surface area contributed by atoms with Crippen LogP contribution in [-0.2, 0) is 0 Å². The Labute approximate surface area is 208 Å². The SMILES string of the molecule is CC(=O)c1c(N2CC3CCC[N+](C)(C)C3C2)c(F)cc2c(=O)c(C(=O)O)cn(C3CC3)c12.[I-]. The van der Waals surface area contributed by atoms with Crippen molar-refractivity contribution in [3.8, 4) is 0 Å². The number of carbonyl (C=O) groups excluding carboxylic acids is 1. The summed E-state index contributed by atoms with van der Waals surface area (Å²) in [6, 6.07) is 1.52. The van der Waals surface area contributed by atoms with Gasteiger partial charge in [0.15, 0.2) is 5.78 Å². The van der Waals surface area contributed by atoms with Crippen LogP contribution in [0.15, 0.2) is 17.1 Å². The minimum atomic E-state index is -1.34. The van der Waals surface area contributed by atoms with E-state index in [-0.39, 0.29) is 52.4 Å². The van der Waals surface area contributed by atoms with Gasteiger partial charge in [-0.1, -0.05) is 0 Å². The van der Waals surface area contributed by atoms with Gasteiger partial charge >= 0.3 is 5.97 Å². The van der Waals surface area contributed by atoms with E-state index in [1.807, 2.05) is 4.90 Å². The number of carboxylic acids is 1. The number of Topliss-reactive ketones (excluding diaryl/α,β-unsaturated/α-hetero) is 1. The summed E-state index contributed by atoms with van der Waals surface area (Å²) < 4.78 is 18.2. The van der Waals surface area contributed by atoms with Gasteiger partial charge < -0.3 is 43.0 Å². The van der Waals surface area contributed by atoms with Crippen LogP contribution in [0.2, 0.25) is 0 Å². The molecule has 3 aliphatic rings. The van der Waals surface area contributed by atoms with Crippen molar-refractivity contribution < 1.29 is 47.5 Å². The Bertz CT molecular complexity index is 1220. The van der Waals surface area contributed by atoms with Crippen molar-refractivity contribution in [3.63, 3.8) is 0 Å². The molecule has 1 saturated carbocycles. The highest BCUT2D eigenvalue weighted by atomic mass is 127. The molecule has 1 aromatic carbocycles. The summed E-state index contributed by atoms with van der Waals surface area (Å²) in [4.78, 5) is 39.5. The number of carboxylic acid groups (broad SMARTS) is 1. The average Bonchev–Trinajstić information content (AvgIpc) is 3.45. The lowest BCUT2D eigenvalue weighted by Gasteiger charge is -2.42. The Morgan fingerprint density at radius 3 is 2.45 bits per heavy atom. The fourth-order valence-electron chi connectivity index (χ4n) is 5.95. The Morgan fingerprint density at radius 2 is 1.88 bits per heavy atom. The highest BCUT2D eigenvalue weighted by Crippen LogP contribution is 2.43. The third kappa shape index (κ3) is 3.86. The van der Waals surface area contributed by atoms with E-state index in [1.54, 1.807) is 4.57 Å². The number of likely N-dealkylation sites (N-methyl/N-ethyl adjacent to an activating group) is 1. The van der Waals surface area contributed by atoms with Crippen molar-refractivity contribution in [1.82, 2.24) is 4.57 Å². The summed E-state index contributed by atoms with van der Waals surface area (Å²) in [7, 11) is 4.42. The molecule has 3 heterocycles. The van der Waals surface area contributed by atoms with Crippen LogP contribution in [0.1, 0.15) is 59.4 Å². The summed E-state index contributed by atoms with van der Waals surface area (Å²) in [5.41, 5.74) is -0.307. The molecule has 2 atom stereocenters. The molecule has 178 valence electrons. The highest BCUT2D eigenvalue weighted by molar-refractivity contribution is 6.11. The average molecular weight is 569 g/mol. The number of likely N-dealkylation sites (tertiary alicyclic amines) is 1. The maximum Gasteiger partial charge on any atom is 0.341 e. The van der Waals surface area contributed by atoms with Gasteiger partial charge in [-0.2, -0.15) is 0 Å². The number of anilines is 1. The number of rotatable bonds is 4. The second kappa shape index (κ2) is 8.33. The number of ketones is 1. The van der Waals surface area contributed by atoms with Crippen LogP contribution >= 0.6 is 0 Å². The molecule has 1 aromatic heterocycles. The first-order valence-corrected chi connectivity index (χ1v) is 11.3. The van der Waals surface area contributed by atoms with Crippen molar-refractivity contribution in [3.05, 3.63) is 39.4 Å². The summed E-state index contributed by atoms with van der Waals surface area (Å²) in [6.07, 6.45) is 5.22. The molecular formula is C24H29FIN3O4. The largest absolute Gasteiger partial charge is 1.00 e. The highest BCUT2D eigenvalue weighted by Gasteiger charge is 2.47. The second-order valence-corrected chi connectivity index (χ2v) is 10.2. The summed E-state index contributed by atoms with van der Waals surface area (Å²) in [5, 5.41) is 9.48. The van der Waals surface area contributed by atoms with Gasteiger partial charge in [-0.25, -0.2) is 9.18 Å². The first-order chi connectivity index (χ1) is 15.1. The second-order valence-electron chi connectivity index (χ2n) is 10.2. The molecule has 3 fully saturated rings. The lowest BCUT2D eigenvalue weighted by molar-refractivity contribution is -0.920. The Balaban J connectivity index is 0.00000259. The van der Waals surface area contributed by atoms with Crippen LogP contribution in [0, 0.1) is 11.7 Å². The predicted molar refractivity (Wildman–Crippen MR) is 119 cm³/mol. The normalized spacial score (nSPS) is 23.8. The number of carbonyl (C=O) groups is 2. The minimum absolute atomic E-state index is 0. The standard InChI is InChI=1S/C24H28FN3O4.HI/c1-13(29)20-21-16(23(30)17(24(31)32)11-27(21)15-6-7-15)9-18(25)22(20)26-10-14-5-4-8-28(2,3)19(14)12-26;/h9,11,14-15,19H,4-8,10,12H2,1-3H3;1H. The molecular weight excluding hydrogens is 540 g/mol. The molecule has 2 unspecified atom stereocenters. The number of pyridine rings is 1. The summed E-state index contributed by atoms with van der Waals surface area (Å²) >= 11 is 0. The van der Waals surface area contributed by atoms with Crippen molar-refractivity contribution in [2.75, 3.05) is 38.6 Å². The molecule has 1 N–H and O–H groups in total. The van der Waals surface area contributed by atoms with Gasteiger partial charge in [0, 0.05) is 24.7 Å². The van der Waals surface area contributed by atoms with Gasteiger partial charge in [0.05, 0.1) is 49.3 Å². The third-order valence-electron chi connectivity index (χ3n) is 7.69. The van der Waals surface area contributed by atoms with Gasteiger partial charge in [0.1, 0.15) is 17.4 Å². The monoisotopic (exact) mass is 569 g/mol. The molecule has 2 saturated heterocycles. The van der Waals surface area contributed by atoms with Gasteiger partial charge in [0.2, 0.25) is 5.43 Å². The fraction of sp³-hybridized carbons (Fsp3) is 0.542. The zero-order chi connectivity index (χ0) is 22.9. The number of hydrogen-bond acceptors (Lipinski definition) is 4. The fourth-order valence-corrected chi connectivity index (χ4v) is 5.95. The first-order valence-electron chi connectivity index (χ1n) is 11.3. The number of nitrogens with zero attached hydrogens (tertiary/aromatic N) is 3. The number of halogens is 2. The molecule has 33 heavy (non-hydrogen) atoms. The van der Waals surface area contributed by atoms with Crippen LogP contribution in [-0.4, -0.2) is 65.7 Å². The number of benzene rings is 1. The van der Waals surface area contributed by atoms with Crippen molar-refractivity contribution in [1.29, 1.82) is 0 Å². The molecule has 0 radical (unpaired) electrons. The van der Waals surface area contributed by atoms with Crippen LogP contribution < -0.4 is 34.3 Å². The topological polar surface area (TPSA) is 79.6 Å². The van der Waals surface area contributed by atoms with E-state index in [1.165, 1.54) is 13.1 Å². The number of quaternary nitrogens is 1. The maximum atomic E-state index is 15.6. The number of hydrogen-bond donors (Lipinski definition) is 1. The van der Waals surface area contributed by atoms with Gasteiger partial charge in [-0.3, -0.25) is 9.59 Å². The molecule has 0 bridgehead atoms. The third-order valence-corrected chi connectivity index (χ3v) is 7.69. The molecule has 2 aromatic rings. The van der Waals surface area contributed by atoms with Crippen LogP contribution in [0.4, 0.5) is 10.1 Å². The van der Waals surface area contributed by atoms with Crippen LogP contribution in [0.25, 0.3) is 10.9 Å². The molecule has 5 rings (SSSR count). The zero-order valence-electron chi connectivity index (χ0n) is 19.1. The molecule has 0 amide bonds. The number of aromatic nitrogens is 1. The van der Waals surface area contributed by atoms with E-state index in [9.17, 15) is 19.5 Å². The quantitative estimate of drug-likeness (QED) is 0.320. The van der Waals surface area contributed by atoms with E-state index < -0.39 is 22.8 Å². The predicted octanol–water partition coefficient (Wildman–Crippen LogP) is 0.0553. The smallest absolute Gasteiger partial charge is 0.341 e. The first kappa shape index (κ1) is 24.1. The van der Waals surface area contributed by atoms with Gasteiger partial charge in [-0.05, 0) is 38.7 Å².